The summed E-state index contributed by atoms with van der Waals surface area (Å²) in [6.07, 6.45) is 2.82. The van der Waals surface area contributed by atoms with Gasteiger partial charge in [0.25, 0.3) is 0 Å². The van der Waals surface area contributed by atoms with Crippen molar-refractivity contribution >= 4 is 34.1 Å². The van der Waals surface area contributed by atoms with Crippen LogP contribution in [0.15, 0.2) is 18.3 Å². The minimum Gasteiger partial charge on any atom is -0.364 e. The minimum atomic E-state index is 0.574. The Hall–Kier alpha value is -2.15. The zero-order valence-electron chi connectivity index (χ0n) is 11.4. The molecule has 0 amide bonds. The Kier molecular flexibility index (Phi) is 3.51. The van der Waals surface area contributed by atoms with Gasteiger partial charge in [-0.25, -0.2) is 0 Å². The van der Waals surface area contributed by atoms with Crippen molar-refractivity contribution in [2.24, 2.45) is 0 Å². The topological polar surface area (TPSA) is 78.5 Å². The molecule has 3 aromatic rings. The van der Waals surface area contributed by atoms with Gasteiger partial charge in [0.1, 0.15) is 5.82 Å². The second kappa shape index (κ2) is 5.46. The van der Waals surface area contributed by atoms with E-state index in [-0.39, 0.29) is 0 Å². The third-order valence-electron chi connectivity index (χ3n) is 3.03. The largest absolute Gasteiger partial charge is 0.364 e. The van der Waals surface area contributed by atoms with Gasteiger partial charge in [-0.1, -0.05) is 6.92 Å². The van der Waals surface area contributed by atoms with Gasteiger partial charge in [-0.2, -0.15) is 15.1 Å². The highest BCUT2D eigenvalue weighted by molar-refractivity contribution is 7.12. The Bertz CT molecular complexity index is 717. The third-order valence-corrected chi connectivity index (χ3v) is 4.26. The minimum absolute atomic E-state index is 0.574. The first kappa shape index (κ1) is 12.9. The molecule has 0 saturated heterocycles. The molecule has 0 radical (unpaired) electrons. The standard InChI is InChI=1S/C13H16N6S/c1-3-8-4-5-9(20-8)6-15-11-10-7-16-19-12(10)18-13(14-2)17-11/h4-5,7H,3,6H2,1-2H3,(H3,14,15,16,17,18,19). The van der Waals surface area contributed by atoms with Crippen LogP contribution in [0.5, 0.6) is 0 Å². The Morgan fingerprint density at radius 2 is 2.10 bits per heavy atom. The first-order valence-electron chi connectivity index (χ1n) is 6.50. The molecular formula is C13H16N6S. The molecule has 0 fully saturated rings. The van der Waals surface area contributed by atoms with Crippen molar-refractivity contribution < 1.29 is 0 Å². The van der Waals surface area contributed by atoms with E-state index in [1.54, 1.807) is 13.2 Å². The van der Waals surface area contributed by atoms with Crippen molar-refractivity contribution in [1.82, 2.24) is 20.2 Å². The van der Waals surface area contributed by atoms with E-state index in [2.05, 4.69) is 49.9 Å². The van der Waals surface area contributed by atoms with E-state index in [9.17, 15) is 0 Å². The van der Waals surface area contributed by atoms with Gasteiger partial charge in [0.2, 0.25) is 5.95 Å². The predicted molar refractivity (Wildman–Crippen MR) is 82.3 cm³/mol. The Balaban J connectivity index is 1.84. The van der Waals surface area contributed by atoms with Crippen LogP contribution in [0.4, 0.5) is 11.8 Å². The molecule has 3 N–H and O–H groups in total. The van der Waals surface area contributed by atoms with Crippen molar-refractivity contribution in [3.05, 3.63) is 28.1 Å². The summed E-state index contributed by atoms with van der Waals surface area (Å²) in [5.74, 6) is 1.37. The maximum atomic E-state index is 4.44. The zero-order chi connectivity index (χ0) is 13.9. The molecule has 6 nitrogen and oxygen atoms in total. The molecule has 0 spiro atoms. The highest BCUT2D eigenvalue weighted by Crippen LogP contribution is 2.22. The summed E-state index contributed by atoms with van der Waals surface area (Å²) in [5.41, 5.74) is 0.729. The highest BCUT2D eigenvalue weighted by atomic mass is 32.1. The Labute approximate surface area is 120 Å². The SMILES string of the molecule is CCc1ccc(CNc2nc(NC)nc3[nH]ncc23)s1. The summed E-state index contributed by atoms with van der Waals surface area (Å²) in [4.78, 5) is 11.4. The molecule has 0 aromatic carbocycles. The number of H-pyrrole nitrogens is 1. The van der Waals surface area contributed by atoms with E-state index in [0.29, 0.717) is 5.95 Å². The fourth-order valence-corrected chi connectivity index (χ4v) is 2.86. The van der Waals surface area contributed by atoms with Crippen molar-refractivity contribution in [3.8, 4) is 0 Å². The maximum absolute atomic E-state index is 4.44. The van der Waals surface area contributed by atoms with Gasteiger partial charge in [0, 0.05) is 16.8 Å². The molecule has 0 aliphatic rings. The second-order valence-electron chi connectivity index (χ2n) is 4.35. The fourth-order valence-electron chi connectivity index (χ4n) is 1.96. The summed E-state index contributed by atoms with van der Waals surface area (Å²) in [7, 11) is 1.80. The molecule has 7 heteroatoms. The van der Waals surface area contributed by atoms with E-state index in [0.717, 1.165) is 29.8 Å². The predicted octanol–water partition coefficient (Wildman–Crippen LogP) is 2.63. The lowest BCUT2D eigenvalue weighted by molar-refractivity contribution is 1.08. The molecule has 104 valence electrons. The number of rotatable bonds is 5. The molecular weight excluding hydrogens is 272 g/mol. The van der Waals surface area contributed by atoms with E-state index in [1.165, 1.54) is 9.75 Å². The van der Waals surface area contributed by atoms with Crippen LogP contribution in [0.1, 0.15) is 16.7 Å². The number of nitrogens with one attached hydrogen (secondary N) is 3. The average molecular weight is 288 g/mol. The number of aryl methyl sites for hydroxylation is 1. The summed E-state index contributed by atoms with van der Waals surface area (Å²) in [6.45, 7) is 2.92. The fraction of sp³-hybridized carbons (Fsp3) is 0.308. The van der Waals surface area contributed by atoms with Crippen LogP contribution in [0, 0.1) is 0 Å². The van der Waals surface area contributed by atoms with E-state index in [1.807, 2.05) is 11.3 Å². The third kappa shape index (κ3) is 2.44. The molecule has 3 heterocycles. The quantitative estimate of drug-likeness (QED) is 0.672. The highest BCUT2D eigenvalue weighted by Gasteiger charge is 2.09. The van der Waals surface area contributed by atoms with Crippen molar-refractivity contribution in [2.75, 3.05) is 17.7 Å². The van der Waals surface area contributed by atoms with Gasteiger partial charge in [-0.15, -0.1) is 11.3 Å². The van der Waals surface area contributed by atoms with E-state index < -0.39 is 0 Å². The molecule has 0 aliphatic heterocycles. The lowest BCUT2D eigenvalue weighted by Gasteiger charge is -2.07. The first-order chi connectivity index (χ1) is 9.80. The monoisotopic (exact) mass is 288 g/mol. The Morgan fingerprint density at radius 1 is 1.25 bits per heavy atom. The number of hydrogen-bond acceptors (Lipinski definition) is 6. The summed E-state index contributed by atoms with van der Waals surface area (Å²) in [6, 6.07) is 4.33. The van der Waals surface area contributed by atoms with Gasteiger partial charge in [0.05, 0.1) is 18.1 Å². The summed E-state index contributed by atoms with van der Waals surface area (Å²) < 4.78 is 0. The number of aromatic nitrogens is 4. The van der Waals surface area contributed by atoms with Crippen LogP contribution in [-0.2, 0) is 13.0 Å². The summed E-state index contributed by atoms with van der Waals surface area (Å²) in [5, 5.41) is 14.1. The summed E-state index contributed by atoms with van der Waals surface area (Å²) >= 11 is 1.82. The Morgan fingerprint density at radius 3 is 2.85 bits per heavy atom. The van der Waals surface area contributed by atoms with Gasteiger partial charge in [-0.05, 0) is 18.6 Å². The van der Waals surface area contributed by atoms with Gasteiger partial charge < -0.3 is 10.6 Å². The molecule has 0 unspecified atom stereocenters. The lowest BCUT2D eigenvalue weighted by Crippen LogP contribution is -2.04. The first-order valence-corrected chi connectivity index (χ1v) is 7.32. The van der Waals surface area contributed by atoms with Gasteiger partial charge in [0.15, 0.2) is 5.65 Å². The molecule has 3 aromatic heterocycles. The van der Waals surface area contributed by atoms with Gasteiger partial charge in [-0.3, -0.25) is 5.10 Å². The van der Waals surface area contributed by atoms with Crippen molar-refractivity contribution in [1.29, 1.82) is 0 Å². The van der Waals surface area contributed by atoms with Crippen LogP contribution >= 0.6 is 11.3 Å². The number of hydrogen-bond donors (Lipinski definition) is 3. The molecule has 0 aliphatic carbocycles. The van der Waals surface area contributed by atoms with Crippen LogP contribution in [0.3, 0.4) is 0 Å². The zero-order valence-corrected chi connectivity index (χ0v) is 12.2. The number of fused-ring (bicyclic) bond motifs is 1. The molecule has 0 bridgehead atoms. The number of nitrogens with zero attached hydrogens (tertiary/aromatic N) is 3. The van der Waals surface area contributed by atoms with E-state index >= 15 is 0 Å². The maximum Gasteiger partial charge on any atom is 0.226 e. The molecule has 20 heavy (non-hydrogen) atoms. The van der Waals surface area contributed by atoms with Crippen LogP contribution in [0.25, 0.3) is 11.0 Å². The van der Waals surface area contributed by atoms with Crippen LogP contribution in [0.2, 0.25) is 0 Å². The van der Waals surface area contributed by atoms with Crippen LogP contribution < -0.4 is 10.6 Å². The smallest absolute Gasteiger partial charge is 0.226 e. The van der Waals surface area contributed by atoms with E-state index in [4.69, 9.17) is 0 Å². The number of thiophene rings is 1. The molecule has 0 atom stereocenters. The second-order valence-corrected chi connectivity index (χ2v) is 5.61. The molecule has 3 rings (SSSR count). The van der Waals surface area contributed by atoms with Crippen molar-refractivity contribution in [3.63, 3.8) is 0 Å². The lowest BCUT2D eigenvalue weighted by atomic mass is 10.3. The normalized spacial score (nSPS) is 10.9. The van der Waals surface area contributed by atoms with Crippen molar-refractivity contribution in [2.45, 2.75) is 19.9 Å². The molecule has 0 saturated carbocycles. The number of aromatic amines is 1. The van der Waals surface area contributed by atoms with Gasteiger partial charge >= 0.3 is 0 Å². The average Bonchev–Trinajstić information content (AvgIpc) is 3.12. The number of anilines is 2. The van der Waals surface area contributed by atoms with Crippen LogP contribution in [-0.4, -0.2) is 27.2 Å².